The van der Waals surface area contributed by atoms with E-state index in [-0.39, 0.29) is 57.5 Å². The number of benzene rings is 4. The zero-order chi connectivity index (χ0) is 29.6. The quantitative estimate of drug-likeness (QED) is 0.283. The summed E-state index contributed by atoms with van der Waals surface area (Å²) in [5.74, 6) is 0. The van der Waals surface area contributed by atoms with Crippen molar-refractivity contribution < 1.29 is 18.9 Å². The van der Waals surface area contributed by atoms with Crippen LogP contribution in [0.15, 0.2) is 96.9 Å². The zero-order valence-electron chi connectivity index (χ0n) is 26.5. The van der Waals surface area contributed by atoms with Gasteiger partial charge in [0.25, 0.3) is 0 Å². The lowest BCUT2D eigenvalue weighted by molar-refractivity contribution is 0.00578. The van der Waals surface area contributed by atoms with Gasteiger partial charge in [0.15, 0.2) is 0 Å². The standard InChI is InChI=1S/C30H28BNO2/c1-29(2)30(3,4)34-31(33-29)24-17-12-20-27-28(24)23-16-9-11-19-26(23)32(27)25-18-10-8-15-22(25)21-13-6-5-7-14-21/h5-20H,1-4H3/i9D,11D,12D,16D,17D,19D,20D. The maximum atomic E-state index is 9.07. The Morgan fingerprint density at radius 2 is 1.38 bits per heavy atom. The van der Waals surface area contributed by atoms with E-state index in [1.54, 1.807) is 4.57 Å². The van der Waals surface area contributed by atoms with E-state index in [2.05, 4.69) is 0 Å². The minimum absolute atomic E-state index is 0.153. The van der Waals surface area contributed by atoms with Gasteiger partial charge in [-0.2, -0.15) is 0 Å². The fourth-order valence-electron chi connectivity index (χ4n) is 4.51. The van der Waals surface area contributed by atoms with Crippen molar-refractivity contribution in [1.82, 2.24) is 4.57 Å². The molecule has 3 nitrogen and oxygen atoms in total. The lowest BCUT2D eigenvalue weighted by Gasteiger charge is -2.32. The predicted molar refractivity (Wildman–Crippen MR) is 142 cm³/mol. The molecule has 5 aromatic rings. The van der Waals surface area contributed by atoms with Gasteiger partial charge in [-0.25, -0.2) is 0 Å². The minimum atomic E-state index is -1.10. The molecule has 0 aliphatic carbocycles. The maximum Gasteiger partial charge on any atom is 0.495 e. The highest BCUT2D eigenvalue weighted by Gasteiger charge is 2.52. The van der Waals surface area contributed by atoms with Gasteiger partial charge < -0.3 is 13.9 Å². The largest absolute Gasteiger partial charge is 0.495 e. The molecule has 1 aliphatic heterocycles. The van der Waals surface area contributed by atoms with E-state index in [4.69, 9.17) is 18.9 Å². The molecule has 0 atom stereocenters. The third kappa shape index (κ3) is 3.13. The summed E-state index contributed by atoms with van der Waals surface area (Å²) >= 11 is 0. The Kier molecular flexibility index (Phi) is 3.31. The maximum absolute atomic E-state index is 9.07. The Morgan fingerprint density at radius 3 is 2.15 bits per heavy atom. The second kappa shape index (κ2) is 7.59. The Bertz CT molecular complexity index is 1870. The Labute approximate surface area is 210 Å². The Hall–Kier alpha value is -3.34. The average Bonchev–Trinajstić information content (AvgIpc) is 3.40. The number of hydrogen-bond acceptors (Lipinski definition) is 2. The molecule has 0 radical (unpaired) electrons. The summed E-state index contributed by atoms with van der Waals surface area (Å²) in [6.45, 7) is 7.50. The lowest BCUT2D eigenvalue weighted by Crippen LogP contribution is -2.41. The molecule has 1 fully saturated rings. The zero-order valence-corrected chi connectivity index (χ0v) is 19.5. The summed E-state index contributed by atoms with van der Waals surface area (Å²) < 4.78 is 76.1. The van der Waals surface area contributed by atoms with Gasteiger partial charge in [0.1, 0.15) is 0 Å². The molecule has 1 aromatic heterocycles. The highest BCUT2D eigenvalue weighted by molar-refractivity contribution is 6.66. The molecule has 6 rings (SSSR count). The van der Waals surface area contributed by atoms with Gasteiger partial charge >= 0.3 is 7.12 Å². The number of rotatable bonds is 3. The van der Waals surface area contributed by atoms with Crippen molar-refractivity contribution >= 4 is 34.4 Å². The van der Waals surface area contributed by atoms with E-state index in [1.165, 1.54) is 0 Å². The van der Waals surface area contributed by atoms with E-state index in [9.17, 15) is 0 Å². The van der Waals surface area contributed by atoms with Crippen molar-refractivity contribution in [2.24, 2.45) is 0 Å². The molecule has 0 spiro atoms. The van der Waals surface area contributed by atoms with Crippen LogP contribution in [0.5, 0.6) is 0 Å². The van der Waals surface area contributed by atoms with Crippen molar-refractivity contribution in [3.8, 4) is 16.8 Å². The van der Waals surface area contributed by atoms with Gasteiger partial charge in [0.05, 0.1) is 37.5 Å². The molecule has 168 valence electrons. The van der Waals surface area contributed by atoms with Gasteiger partial charge in [-0.1, -0.05) is 78.7 Å². The summed E-state index contributed by atoms with van der Waals surface area (Å²) in [6.07, 6.45) is 0. The van der Waals surface area contributed by atoms with E-state index in [0.717, 1.165) is 11.1 Å². The van der Waals surface area contributed by atoms with Gasteiger partial charge in [-0.15, -0.1) is 0 Å². The van der Waals surface area contributed by atoms with Gasteiger partial charge in [0.2, 0.25) is 0 Å². The summed E-state index contributed by atoms with van der Waals surface area (Å²) in [5, 5.41) is 0.403. The van der Waals surface area contributed by atoms with Crippen LogP contribution in [0.3, 0.4) is 0 Å². The fraction of sp³-hybridized carbons (Fsp3) is 0.200. The number of para-hydroxylation sites is 2. The Balaban J connectivity index is 1.86. The first-order valence-electron chi connectivity index (χ1n) is 14.8. The van der Waals surface area contributed by atoms with Crippen LogP contribution in [-0.2, 0) is 9.31 Å². The number of fused-ring (bicyclic) bond motifs is 3. The van der Waals surface area contributed by atoms with E-state index >= 15 is 0 Å². The van der Waals surface area contributed by atoms with E-state index < -0.39 is 30.4 Å². The van der Waals surface area contributed by atoms with Crippen LogP contribution in [0.2, 0.25) is 0 Å². The third-order valence-corrected chi connectivity index (χ3v) is 6.97. The van der Waals surface area contributed by atoms with Crippen molar-refractivity contribution in [2.75, 3.05) is 0 Å². The highest BCUT2D eigenvalue weighted by Crippen LogP contribution is 2.39. The van der Waals surface area contributed by atoms with Crippen LogP contribution >= 0.6 is 0 Å². The first-order chi connectivity index (χ1) is 19.3. The van der Waals surface area contributed by atoms with Gasteiger partial charge in [0, 0.05) is 16.3 Å². The minimum Gasteiger partial charge on any atom is -0.399 e. The smallest absolute Gasteiger partial charge is 0.399 e. The highest BCUT2D eigenvalue weighted by atomic mass is 16.7. The van der Waals surface area contributed by atoms with Crippen molar-refractivity contribution in [1.29, 1.82) is 0 Å². The average molecular weight is 452 g/mol. The van der Waals surface area contributed by atoms with E-state index in [1.807, 2.05) is 82.3 Å². The summed E-state index contributed by atoms with van der Waals surface area (Å²) in [7, 11) is -1.10. The molecule has 34 heavy (non-hydrogen) atoms. The number of aromatic nitrogens is 1. The van der Waals surface area contributed by atoms with Gasteiger partial charge in [-0.05, 0) is 56.9 Å². The van der Waals surface area contributed by atoms with Crippen molar-refractivity contribution in [2.45, 2.75) is 38.9 Å². The van der Waals surface area contributed by atoms with Crippen LogP contribution < -0.4 is 5.46 Å². The molecule has 2 heterocycles. The molecular weight excluding hydrogens is 417 g/mol. The van der Waals surface area contributed by atoms with Crippen LogP contribution in [0.25, 0.3) is 38.6 Å². The summed E-state index contributed by atoms with van der Waals surface area (Å²) in [4.78, 5) is 0. The fourth-order valence-corrected chi connectivity index (χ4v) is 4.51. The first-order valence-corrected chi connectivity index (χ1v) is 11.3. The molecule has 1 saturated heterocycles. The summed E-state index contributed by atoms with van der Waals surface area (Å²) in [6, 6.07) is 14.7. The predicted octanol–water partition coefficient (Wildman–Crippen LogP) is 6.75. The second-order valence-electron chi connectivity index (χ2n) is 9.54. The third-order valence-electron chi connectivity index (χ3n) is 6.97. The lowest BCUT2D eigenvalue weighted by atomic mass is 9.76. The Morgan fingerprint density at radius 1 is 0.735 bits per heavy atom. The molecule has 4 aromatic carbocycles. The molecule has 4 heteroatoms. The van der Waals surface area contributed by atoms with Crippen LogP contribution in [0, 0.1) is 0 Å². The molecule has 0 N–H and O–H groups in total. The normalized spacial score (nSPS) is 19.9. The molecule has 0 saturated carbocycles. The van der Waals surface area contributed by atoms with Crippen LogP contribution in [0.1, 0.15) is 37.3 Å². The molecule has 0 amide bonds. The molecular formula is C30H28BNO2. The molecule has 0 bridgehead atoms. The van der Waals surface area contributed by atoms with Crippen molar-refractivity contribution in [3.05, 3.63) is 96.9 Å². The first kappa shape index (κ1) is 14.8. The topological polar surface area (TPSA) is 23.4 Å². The summed E-state index contributed by atoms with van der Waals surface area (Å²) in [5.41, 5.74) is 1.22. The second-order valence-corrected chi connectivity index (χ2v) is 9.54. The molecule has 1 aliphatic rings. The monoisotopic (exact) mass is 452 g/mol. The van der Waals surface area contributed by atoms with Crippen LogP contribution in [-0.4, -0.2) is 22.9 Å². The molecule has 0 unspecified atom stereocenters. The number of nitrogens with zero attached hydrogens (tertiary/aromatic N) is 1. The number of hydrogen-bond donors (Lipinski definition) is 0. The van der Waals surface area contributed by atoms with Crippen molar-refractivity contribution in [3.63, 3.8) is 0 Å². The van der Waals surface area contributed by atoms with Crippen LogP contribution in [0.4, 0.5) is 0 Å². The van der Waals surface area contributed by atoms with Gasteiger partial charge in [-0.3, -0.25) is 0 Å². The van der Waals surface area contributed by atoms with E-state index in [0.29, 0.717) is 5.69 Å². The SMILES string of the molecule is [2H]c1c([2H])c([2H])c2c(c1[2H])c1c(B3OC(C)(C)C(C)(C)O3)c([2H])c([2H])c([2H])c1n2-c1ccccc1-c1ccccc1.